The van der Waals surface area contributed by atoms with Crippen LogP contribution in [0, 0.1) is 6.92 Å². The molecule has 0 spiro atoms. The molecule has 0 aliphatic heterocycles. The predicted octanol–water partition coefficient (Wildman–Crippen LogP) is 2.03. The van der Waals surface area contributed by atoms with E-state index in [2.05, 4.69) is 20.0 Å². The van der Waals surface area contributed by atoms with Crippen molar-refractivity contribution >= 4 is 44.0 Å². The Labute approximate surface area is 209 Å². The van der Waals surface area contributed by atoms with E-state index in [0.717, 1.165) is 4.88 Å². The summed E-state index contributed by atoms with van der Waals surface area (Å²) in [6.45, 7) is 1.82. The molecule has 1 saturated carbocycles. The number of anilines is 1. The largest absolute Gasteiger partial charge is 0.390 e. The summed E-state index contributed by atoms with van der Waals surface area (Å²) < 4.78 is 43.4. The zero-order chi connectivity index (χ0) is 25.2. The van der Waals surface area contributed by atoms with Gasteiger partial charge in [0.15, 0.2) is 0 Å². The van der Waals surface area contributed by atoms with E-state index >= 15 is 0 Å². The smallest absolute Gasteiger partial charge is 0.335 e. The Balaban J connectivity index is 1.53. The number of nitrogens with one attached hydrogen (secondary N) is 2. The summed E-state index contributed by atoms with van der Waals surface area (Å²) in [7, 11) is -4.16. The first kappa shape index (κ1) is 25.5. The lowest BCUT2D eigenvalue weighted by Crippen LogP contribution is -2.31. The van der Waals surface area contributed by atoms with Gasteiger partial charge in [0.1, 0.15) is 18.2 Å². The topological polar surface area (TPSA) is 148 Å². The molecule has 4 rings (SSSR count). The Morgan fingerprint density at radius 1 is 1.26 bits per heavy atom. The highest BCUT2D eigenvalue weighted by Crippen LogP contribution is 2.32. The molecule has 4 atom stereocenters. The lowest BCUT2D eigenvalue weighted by molar-refractivity contribution is 0.0636. The number of ketones is 1. The zero-order valence-electron chi connectivity index (χ0n) is 18.9. The van der Waals surface area contributed by atoms with Gasteiger partial charge in [0.25, 0.3) is 0 Å². The molecule has 3 N–H and O–H groups in total. The molecule has 1 aliphatic rings. The molecule has 2 aromatic heterocycles. The first-order valence-corrected chi connectivity index (χ1v) is 14.0. The minimum absolute atomic E-state index is 0.192. The van der Waals surface area contributed by atoms with Crippen molar-refractivity contribution in [1.82, 2.24) is 14.7 Å². The van der Waals surface area contributed by atoms with E-state index in [4.69, 9.17) is 4.18 Å². The fourth-order valence-electron chi connectivity index (χ4n) is 3.78. The maximum atomic E-state index is 13.4. The Bertz CT molecular complexity index is 1350. The third-order valence-electron chi connectivity index (χ3n) is 5.52. The zero-order valence-corrected chi connectivity index (χ0v) is 21.3. The van der Waals surface area contributed by atoms with Gasteiger partial charge in [0, 0.05) is 29.1 Å². The molecule has 0 amide bonds. The van der Waals surface area contributed by atoms with Crippen molar-refractivity contribution in [2.24, 2.45) is 0 Å². The fourth-order valence-corrected chi connectivity index (χ4v) is 6.85. The van der Waals surface area contributed by atoms with Crippen LogP contribution in [0.15, 0.2) is 58.7 Å². The third-order valence-corrected chi connectivity index (χ3v) is 9.23. The Kier molecular flexibility index (Phi) is 7.73. The van der Waals surface area contributed by atoms with Gasteiger partial charge in [-0.2, -0.15) is 13.1 Å². The lowest BCUT2D eigenvalue weighted by Gasteiger charge is -2.15. The molecule has 1 aliphatic carbocycles. The molecule has 0 unspecified atom stereocenters. The second-order valence-electron chi connectivity index (χ2n) is 7.90. The number of carbonyl (C=O) groups is 1. The molecule has 2 heterocycles. The molecule has 3 aromatic rings. The second-order valence-corrected chi connectivity index (χ2v) is 12.1. The van der Waals surface area contributed by atoms with Crippen LogP contribution in [0.3, 0.4) is 0 Å². The number of aromatic nitrogens is 2. The van der Waals surface area contributed by atoms with E-state index in [0.29, 0.717) is 14.7 Å². The van der Waals surface area contributed by atoms with E-state index in [-0.39, 0.29) is 36.0 Å². The summed E-state index contributed by atoms with van der Waals surface area (Å²) >= 11 is 1.24. The highest BCUT2D eigenvalue weighted by molar-refractivity contribution is 7.85. The van der Waals surface area contributed by atoms with Gasteiger partial charge in [-0.3, -0.25) is 8.98 Å². The van der Waals surface area contributed by atoms with Crippen molar-refractivity contribution in [2.45, 2.75) is 47.8 Å². The first-order chi connectivity index (χ1) is 16.7. The minimum Gasteiger partial charge on any atom is -0.390 e. The van der Waals surface area contributed by atoms with Crippen LogP contribution in [0.25, 0.3) is 0 Å². The molecule has 0 saturated heterocycles. The molecular formula is C22H24N4O6S3. The summed E-state index contributed by atoms with van der Waals surface area (Å²) in [6, 6.07) is 10.3. The van der Waals surface area contributed by atoms with Gasteiger partial charge in [0.05, 0.1) is 32.2 Å². The number of carbonyl (C=O) groups excluding carboxylic acids is 1. The van der Waals surface area contributed by atoms with Gasteiger partial charge in [-0.25, -0.2) is 14.2 Å². The van der Waals surface area contributed by atoms with E-state index in [9.17, 15) is 22.5 Å². The monoisotopic (exact) mass is 536 g/mol. The lowest BCUT2D eigenvalue weighted by atomic mass is 10.1. The predicted molar refractivity (Wildman–Crippen MR) is 131 cm³/mol. The van der Waals surface area contributed by atoms with Crippen LogP contribution in [0.4, 0.5) is 5.82 Å². The van der Waals surface area contributed by atoms with Gasteiger partial charge in [-0.15, -0.1) is 11.3 Å². The Morgan fingerprint density at radius 2 is 2.00 bits per heavy atom. The summed E-state index contributed by atoms with van der Waals surface area (Å²) in [5.41, 5.74) is 0.215. The van der Waals surface area contributed by atoms with Gasteiger partial charge >= 0.3 is 10.3 Å². The summed E-state index contributed by atoms with van der Waals surface area (Å²) in [5, 5.41) is 13.4. The van der Waals surface area contributed by atoms with Crippen LogP contribution in [0.5, 0.6) is 0 Å². The number of thiophene rings is 1. The number of rotatable bonds is 9. The van der Waals surface area contributed by atoms with Crippen LogP contribution in [0.1, 0.15) is 33.0 Å². The molecule has 13 heteroatoms. The van der Waals surface area contributed by atoms with E-state index in [1.165, 1.54) is 30.9 Å². The number of aliphatic hydroxyl groups excluding tert-OH is 1. The van der Waals surface area contributed by atoms with Crippen molar-refractivity contribution in [3.8, 4) is 0 Å². The first-order valence-electron chi connectivity index (χ1n) is 10.7. The van der Waals surface area contributed by atoms with Gasteiger partial charge in [0.2, 0.25) is 5.78 Å². The van der Waals surface area contributed by atoms with Crippen molar-refractivity contribution in [3.63, 3.8) is 0 Å². The molecular weight excluding hydrogens is 512 g/mol. The Morgan fingerprint density at radius 3 is 2.71 bits per heavy atom. The summed E-state index contributed by atoms with van der Waals surface area (Å²) in [6.07, 6.45) is 1.15. The normalized spacial score (nSPS) is 21.1. The van der Waals surface area contributed by atoms with Crippen molar-refractivity contribution in [1.29, 1.82) is 0 Å². The van der Waals surface area contributed by atoms with Gasteiger partial charge in [-0.1, -0.05) is 18.2 Å². The average molecular weight is 537 g/mol. The highest BCUT2D eigenvalue weighted by atomic mass is 32.2. The fraction of sp³-hybridized carbons (Fsp3) is 0.318. The van der Waals surface area contributed by atoms with Gasteiger partial charge < -0.3 is 10.4 Å². The van der Waals surface area contributed by atoms with Crippen LogP contribution < -0.4 is 10.0 Å². The van der Waals surface area contributed by atoms with Crippen LogP contribution in [0.2, 0.25) is 0 Å². The Hall–Kier alpha value is -2.55. The molecule has 0 bridgehead atoms. The van der Waals surface area contributed by atoms with E-state index in [1.54, 1.807) is 18.2 Å². The van der Waals surface area contributed by atoms with Crippen molar-refractivity contribution in [3.05, 3.63) is 64.2 Å². The molecule has 10 nitrogen and oxygen atoms in total. The summed E-state index contributed by atoms with van der Waals surface area (Å²) in [5.74, 6) is -0.0715. The van der Waals surface area contributed by atoms with Crippen molar-refractivity contribution < 1.29 is 26.7 Å². The third kappa shape index (κ3) is 5.82. The molecule has 1 fully saturated rings. The van der Waals surface area contributed by atoms with E-state index < -0.39 is 33.3 Å². The van der Waals surface area contributed by atoms with Crippen LogP contribution >= 0.6 is 11.3 Å². The number of nitrogens with zero attached hydrogens (tertiary/aromatic N) is 2. The second kappa shape index (κ2) is 10.6. The number of benzene rings is 1. The maximum Gasteiger partial charge on any atom is 0.335 e. The van der Waals surface area contributed by atoms with E-state index in [1.807, 2.05) is 25.1 Å². The summed E-state index contributed by atoms with van der Waals surface area (Å²) in [4.78, 5) is 23.9. The molecule has 186 valence electrons. The van der Waals surface area contributed by atoms with Crippen LogP contribution in [-0.4, -0.2) is 58.8 Å². The molecule has 35 heavy (non-hydrogen) atoms. The number of hydrogen-bond acceptors (Lipinski definition) is 10. The maximum absolute atomic E-state index is 13.4. The van der Waals surface area contributed by atoms with Gasteiger partial charge in [-0.05, 0) is 38.0 Å². The SMILES string of the molecule is CNS(=O)(=O)O[C@@H]1C[C@H](Nc2ncncc2C(=O)c2cc([S@@](=O)c3ccccc3)c(C)s2)C[C@@H]1O. The number of hydrogen-bond donors (Lipinski definition) is 3. The average Bonchev–Trinajstić information content (AvgIpc) is 3.40. The number of aliphatic hydroxyl groups is 1. The highest BCUT2D eigenvalue weighted by Gasteiger charge is 2.37. The van der Waals surface area contributed by atoms with Crippen molar-refractivity contribution in [2.75, 3.05) is 12.4 Å². The molecule has 0 radical (unpaired) electrons. The minimum atomic E-state index is -3.96. The van der Waals surface area contributed by atoms with Crippen LogP contribution in [-0.2, 0) is 25.3 Å². The standard InChI is InChI=1S/C22H24N4O6S3/c1-13-20(34(29)15-6-4-3-5-7-15)10-19(33-13)21(28)16-11-24-12-25-22(16)26-14-8-17(27)18(9-14)32-35(30,31)23-2/h3-7,10-12,14,17-18,23,27H,8-9H2,1-2H3,(H,24,25,26)/t14-,17+,18-,34+/m1/s1. The number of aryl methyl sites for hydroxylation is 1. The molecule has 1 aromatic carbocycles. The quantitative estimate of drug-likeness (QED) is 0.349.